The SMILES string of the molecule is CON=C1CCc2cc(C(CC(=O)C3CCCN(C(=O)OCc4ccccc4)C3)C(=O)c3ccncc3)ccc21. The number of carbonyl (C=O) groups excluding carboxylic acids is 3. The number of ether oxygens (including phenoxy) is 1. The maximum atomic E-state index is 13.7. The molecule has 206 valence electrons. The summed E-state index contributed by atoms with van der Waals surface area (Å²) < 4.78 is 5.51. The minimum atomic E-state index is -0.635. The van der Waals surface area contributed by atoms with Gasteiger partial charge in [0, 0.05) is 48.9 Å². The predicted octanol–water partition coefficient (Wildman–Crippen LogP) is 5.35. The average molecular weight is 540 g/mol. The van der Waals surface area contributed by atoms with Crippen LogP contribution in [-0.2, 0) is 27.4 Å². The molecule has 1 aliphatic heterocycles. The number of amides is 1. The summed E-state index contributed by atoms with van der Waals surface area (Å²) in [6, 6.07) is 18.8. The number of hydrogen-bond donors (Lipinski definition) is 0. The van der Waals surface area contributed by atoms with E-state index in [2.05, 4.69) is 10.1 Å². The van der Waals surface area contributed by atoms with E-state index in [1.54, 1.807) is 29.4 Å². The van der Waals surface area contributed by atoms with Crippen LogP contribution < -0.4 is 0 Å². The Bertz CT molecular complexity index is 1390. The molecular formula is C32H33N3O5. The largest absolute Gasteiger partial charge is 0.445 e. The van der Waals surface area contributed by atoms with Crippen LogP contribution in [0.5, 0.6) is 0 Å². The number of nitrogens with zero attached hydrogens (tertiary/aromatic N) is 3. The minimum Gasteiger partial charge on any atom is -0.445 e. The molecule has 0 saturated carbocycles. The fourth-order valence-corrected chi connectivity index (χ4v) is 5.58. The summed E-state index contributed by atoms with van der Waals surface area (Å²) in [5.41, 5.74) is 5.24. The summed E-state index contributed by atoms with van der Waals surface area (Å²) in [5.74, 6) is -1.12. The molecule has 3 aromatic rings. The highest BCUT2D eigenvalue weighted by Crippen LogP contribution is 2.32. The fraction of sp³-hybridized carbons (Fsp3) is 0.344. The third kappa shape index (κ3) is 6.28. The monoisotopic (exact) mass is 539 g/mol. The van der Waals surface area contributed by atoms with Crippen molar-refractivity contribution in [2.75, 3.05) is 20.2 Å². The van der Waals surface area contributed by atoms with Crippen LogP contribution in [-0.4, -0.2) is 53.5 Å². The third-order valence-electron chi connectivity index (χ3n) is 7.70. The number of rotatable bonds is 9. The lowest BCUT2D eigenvalue weighted by molar-refractivity contribution is -0.124. The van der Waals surface area contributed by atoms with E-state index in [1.165, 1.54) is 7.11 Å². The van der Waals surface area contributed by atoms with Gasteiger partial charge in [-0.15, -0.1) is 0 Å². The Balaban J connectivity index is 1.31. The third-order valence-corrected chi connectivity index (χ3v) is 7.70. The molecule has 8 nitrogen and oxygen atoms in total. The van der Waals surface area contributed by atoms with Gasteiger partial charge in [0.1, 0.15) is 19.5 Å². The summed E-state index contributed by atoms with van der Waals surface area (Å²) >= 11 is 0. The molecule has 2 atom stereocenters. The Hall–Kier alpha value is -4.33. The van der Waals surface area contributed by atoms with Gasteiger partial charge in [0.25, 0.3) is 0 Å². The van der Waals surface area contributed by atoms with Crippen molar-refractivity contribution in [3.63, 3.8) is 0 Å². The van der Waals surface area contributed by atoms with E-state index in [1.807, 2.05) is 48.5 Å². The predicted molar refractivity (Wildman–Crippen MR) is 150 cm³/mol. The summed E-state index contributed by atoms with van der Waals surface area (Å²) in [4.78, 5) is 50.8. The number of benzene rings is 2. The molecule has 0 spiro atoms. The number of ketones is 2. The lowest BCUT2D eigenvalue weighted by atomic mass is 9.81. The van der Waals surface area contributed by atoms with Crippen LogP contribution in [0.25, 0.3) is 0 Å². The standard InChI is InChI=1S/C32H33N3O5/c1-39-34-29-12-10-24-18-25(9-11-27(24)29)28(31(37)23-13-15-33-16-14-23)19-30(36)26-8-5-17-35(20-26)32(38)40-21-22-6-3-2-4-7-22/h2-4,6-7,9,11,13-16,18,26,28H,5,8,10,12,17,19-21H2,1H3. The van der Waals surface area contributed by atoms with E-state index < -0.39 is 12.0 Å². The number of Topliss-reactive ketones (excluding diaryl/α,β-unsaturated/α-hetero) is 2. The van der Waals surface area contributed by atoms with Crippen molar-refractivity contribution < 1.29 is 24.0 Å². The van der Waals surface area contributed by atoms with Crippen molar-refractivity contribution in [2.45, 2.75) is 44.6 Å². The maximum absolute atomic E-state index is 13.7. The van der Waals surface area contributed by atoms with Crippen molar-refractivity contribution in [3.05, 3.63) is 101 Å². The molecule has 1 aliphatic carbocycles. The zero-order valence-electron chi connectivity index (χ0n) is 22.6. The van der Waals surface area contributed by atoms with E-state index in [9.17, 15) is 14.4 Å². The summed E-state index contributed by atoms with van der Waals surface area (Å²) in [6.07, 6.45) is 5.78. The van der Waals surface area contributed by atoms with Gasteiger partial charge in [0.15, 0.2) is 5.78 Å². The van der Waals surface area contributed by atoms with Gasteiger partial charge in [-0.1, -0.05) is 53.7 Å². The minimum absolute atomic E-state index is 0.0184. The van der Waals surface area contributed by atoms with E-state index >= 15 is 0 Å². The van der Waals surface area contributed by atoms with Gasteiger partial charge < -0.3 is 14.5 Å². The molecule has 0 N–H and O–H groups in total. The Kier molecular flexibility index (Phi) is 8.64. The van der Waals surface area contributed by atoms with Crippen molar-refractivity contribution in [1.82, 2.24) is 9.88 Å². The van der Waals surface area contributed by atoms with Crippen molar-refractivity contribution in [3.8, 4) is 0 Å². The molecule has 2 aromatic carbocycles. The number of hydrogen-bond acceptors (Lipinski definition) is 7. The van der Waals surface area contributed by atoms with Crippen LogP contribution in [0.1, 0.15) is 64.2 Å². The summed E-state index contributed by atoms with van der Waals surface area (Å²) in [6.45, 7) is 1.03. The van der Waals surface area contributed by atoms with E-state index in [0.717, 1.165) is 40.8 Å². The van der Waals surface area contributed by atoms with E-state index in [-0.39, 0.29) is 30.5 Å². The van der Waals surface area contributed by atoms with Gasteiger partial charge in [-0.25, -0.2) is 4.79 Å². The fourth-order valence-electron chi connectivity index (χ4n) is 5.58. The molecule has 0 radical (unpaired) electrons. The smallest absolute Gasteiger partial charge is 0.410 e. The van der Waals surface area contributed by atoms with Gasteiger partial charge in [-0.05, 0) is 54.5 Å². The average Bonchev–Trinajstić information content (AvgIpc) is 3.41. The van der Waals surface area contributed by atoms with Crippen molar-refractivity contribution >= 4 is 23.4 Å². The highest BCUT2D eigenvalue weighted by molar-refractivity contribution is 6.05. The number of carbonyl (C=O) groups is 3. The Morgan fingerprint density at radius 2 is 1.85 bits per heavy atom. The first-order chi connectivity index (χ1) is 19.5. The van der Waals surface area contributed by atoms with Gasteiger partial charge in [0.2, 0.25) is 0 Å². The molecule has 1 aromatic heterocycles. The van der Waals surface area contributed by atoms with Crippen LogP contribution in [0.4, 0.5) is 4.79 Å². The number of likely N-dealkylation sites (tertiary alicyclic amines) is 1. The van der Waals surface area contributed by atoms with Crippen LogP contribution in [0.15, 0.2) is 78.2 Å². The molecule has 2 aliphatic rings. The second-order valence-corrected chi connectivity index (χ2v) is 10.3. The second-order valence-electron chi connectivity index (χ2n) is 10.3. The number of pyridine rings is 1. The quantitative estimate of drug-likeness (QED) is 0.268. The number of aromatic nitrogens is 1. The maximum Gasteiger partial charge on any atom is 0.410 e. The zero-order valence-corrected chi connectivity index (χ0v) is 22.6. The Morgan fingerprint density at radius 3 is 2.62 bits per heavy atom. The van der Waals surface area contributed by atoms with E-state index in [0.29, 0.717) is 31.5 Å². The highest BCUT2D eigenvalue weighted by atomic mass is 16.6. The zero-order chi connectivity index (χ0) is 27.9. The van der Waals surface area contributed by atoms with Crippen LogP contribution in [0, 0.1) is 5.92 Å². The molecule has 5 rings (SSSR count). The second kappa shape index (κ2) is 12.7. The lowest BCUT2D eigenvalue weighted by Crippen LogP contribution is -2.43. The van der Waals surface area contributed by atoms with Gasteiger partial charge in [-0.2, -0.15) is 0 Å². The Labute approximate surface area is 234 Å². The van der Waals surface area contributed by atoms with Gasteiger partial charge in [0.05, 0.1) is 11.6 Å². The van der Waals surface area contributed by atoms with Crippen molar-refractivity contribution in [2.24, 2.45) is 11.1 Å². The lowest BCUT2D eigenvalue weighted by Gasteiger charge is -2.32. The van der Waals surface area contributed by atoms with Gasteiger partial charge >= 0.3 is 6.09 Å². The first kappa shape index (κ1) is 27.2. The van der Waals surface area contributed by atoms with Crippen LogP contribution >= 0.6 is 0 Å². The molecule has 1 amide bonds. The van der Waals surface area contributed by atoms with Crippen LogP contribution in [0.2, 0.25) is 0 Å². The summed E-state index contributed by atoms with van der Waals surface area (Å²) in [7, 11) is 1.53. The molecule has 40 heavy (non-hydrogen) atoms. The molecule has 1 fully saturated rings. The molecule has 2 unspecified atom stereocenters. The molecule has 8 heteroatoms. The van der Waals surface area contributed by atoms with Crippen molar-refractivity contribution in [1.29, 1.82) is 0 Å². The molecule has 1 saturated heterocycles. The number of oxime groups is 1. The normalized spacial score (nSPS) is 18.2. The number of aryl methyl sites for hydroxylation is 1. The highest BCUT2D eigenvalue weighted by Gasteiger charge is 2.33. The first-order valence-electron chi connectivity index (χ1n) is 13.7. The molecular weight excluding hydrogens is 506 g/mol. The Morgan fingerprint density at radius 1 is 1.05 bits per heavy atom. The van der Waals surface area contributed by atoms with Gasteiger partial charge in [-0.3, -0.25) is 14.6 Å². The number of fused-ring (bicyclic) bond motifs is 1. The van der Waals surface area contributed by atoms with Crippen LogP contribution in [0.3, 0.4) is 0 Å². The summed E-state index contributed by atoms with van der Waals surface area (Å²) in [5, 5.41) is 4.13. The first-order valence-corrected chi connectivity index (χ1v) is 13.7. The molecule has 2 heterocycles. The topological polar surface area (TPSA) is 98.2 Å². The molecule has 0 bridgehead atoms. The van der Waals surface area contributed by atoms with E-state index in [4.69, 9.17) is 9.57 Å². The number of piperidine rings is 1.